The number of hydrogen-bond acceptors (Lipinski definition) is 8. The zero-order valence-electron chi connectivity index (χ0n) is 19.4. The highest BCUT2D eigenvalue weighted by Gasteiger charge is 2.21. The van der Waals surface area contributed by atoms with Crippen molar-refractivity contribution in [2.45, 2.75) is 33.7 Å². The van der Waals surface area contributed by atoms with Crippen molar-refractivity contribution >= 4 is 29.4 Å². The molecule has 0 fully saturated rings. The van der Waals surface area contributed by atoms with Crippen LogP contribution < -0.4 is 31.8 Å². The van der Waals surface area contributed by atoms with Gasteiger partial charge in [-0.25, -0.2) is 9.36 Å². The molecule has 1 amide bonds. The molecule has 0 bridgehead atoms. The predicted octanol–water partition coefficient (Wildman–Crippen LogP) is 2.09. The Hall–Kier alpha value is -4.67. The number of ether oxygens (including phenoxy) is 2. The molecule has 35 heavy (non-hydrogen) atoms. The second kappa shape index (κ2) is 10.5. The number of benzene rings is 2. The van der Waals surface area contributed by atoms with Crippen LogP contribution in [0.5, 0.6) is 11.5 Å². The van der Waals surface area contributed by atoms with Crippen LogP contribution in [-0.4, -0.2) is 27.0 Å². The molecular weight excluding hydrogens is 456 g/mol. The number of carbonyl (C=O) groups is 3. The quantitative estimate of drug-likeness (QED) is 0.385. The fourth-order valence-corrected chi connectivity index (χ4v) is 3.37. The minimum atomic E-state index is -0.808. The standard InChI is InChI=1S/C24H24N4O7/c1-4-10-27-23(32)20(21(25)28(24(27)33)17-8-6-5-7-9-17)26-22(31)16-11-18(34-14(2)29)13-19(12-16)35-15(3)30/h5-9,11-13H,4,10,25H2,1-3H3,(H,26,31). The summed E-state index contributed by atoms with van der Waals surface area (Å²) in [6.45, 7) is 4.24. The van der Waals surface area contributed by atoms with Gasteiger partial charge in [0, 0.05) is 32.0 Å². The summed E-state index contributed by atoms with van der Waals surface area (Å²) in [5, 5.41) is 2.45. The number of aromatic nitrogens is 2. The van der Waals surface area contributed by atoms with Gasteiger partial charge in [-0.15, -0.1) is 0 Å². The van der Waals surface area contributed by atoms with Crippen molar-refractivity contribution in [3.05, 3.63) is 74.9 Å². The topological polar surface area (TPSA) is 152 Å². The Morgan fingerprint density at radius 1 is 0.943 bits per heavy atom. The zero-order chi connectivity index (χ0) is 25.7. The van der Waals surface area contributed by atoms with E-state index < -0.39 is 29.1 Å². The molecule has 0 saturated heterocycles. The highest BCUT2D eigenvalue weighted by Crippen LogP contribution is 2.25. The number of para-hydroxylation sites is 1. The first kappa shape index (κ1) is 25.0. The zero-order valence-corrected chi connectivity index (χ0v) is 19.4. The molecule has 0 radical (unpaired) electrons. The number of carbonyl (C=O) groups excluding carboxylic acids is 3. The van der Waals surface area contributed by atoms with E-state index in [1.165, 1.54) is 32.0 Å². The minimum absolute atomic E-state index is 0.0491. The maximum Gasteiger partial charge on any atom is 0.337 e. The molecule has 1 aromatic heterocycles. The number of nitrogens with one attached hydrogen (secondary N) is 1. The van der Waals surface area contributed by atoms with Crippen LogP contribution in [0, 0.1) is 0 Å². The molecule has 0 unspecified atom stereocenters. The molecule has 0 aliphatic heterocycles. The third kappa shape index (κ3) is 5.64. The van der Waals surface area contributed by atoms with E-state index in [4.69, 9.17) is 15.2 Å². The second-order valence-corrected chi connectivity index (χ2v) is 7.51. The third-order valence-electron chi connectivity index (χ3n) is 4.74. The molecule has 2 aromatic carbocycles. The summed E-state index contributed by atoms with van der Waals surface area (Å²) in [5.41, 5.74) is 4.79. The number of anilines is 2. The largest absolute Gasteiger partial charge is 0.427 e. The van der Waals surface area contributed by atoms with Crippen molar-refractivity contribution in [1.29, 1.82) is 0 Å². The van der Waals surface area contributed by atoms with Gasteiger partial charge in [0.15, 0.2) is 0 Å². The molecule has 0 spiro atoms. The number of hydrogen-bond donors (Lipinski definition) is 2. The Morgan fingerprint density at radius 3 is 2.03 bits per heavy atom. The molecule has 1 heterocycles. The number of esters is 2. The Labute approximate surface area is 199 Å². The van der Waals surface area contributed by atoms with E-state index >= 15 is 0 Å². The van der Waals surface area contributed by atoms with Crippen LogP contribution in [0.25, 0.3) is 5.69 Å². The van der Waals surface area contributed by atoms with E-state index in [0.29, 0.717) is 12.1 Å². The van der Waals surface area contributed by atoms with Crippen molar-refractivity contribution < 1.29 is 23.9 Å². The van der Waals surface area contributed by atoms with Crippen molar-refractivity contribution in [2.75, 3.05) is 11.1 Å². The summed E-state index contributed by atoms with van der Waals surface area (Å²) in [5.74, 6) is -2.48. The molecule has 0 aliphatic rings. The smallest absolute Gasteiger partial charge is 0.337 e. The van der Waals surface area contributed by atoms with E-state index in [-0.39, 0.29) is 35.1 Å². The Kier molecular flexibility index (Phi) is 7.49. The van der Waals surface area contributed by atoms with Crippen molar-refractivity contribution in [1.82, 2.24) is 9.13 Å². The Morgan fingerprint density at radius 2 is 1.51 bits per heavy atom. The summed E-state index contributed by atoms with van der Waals surface area (Å²) in [6.07, 6.45) is 0.484. The molecular formula is C24H24N4O7. The lowest BCUT2D eigenvalue weighted by Crippen LogP contribution is -2.42. The van der Waals surface area contributed by atoms with E-state index in [9.17, 15) is 24.0 Å². The van der Waals surface area contributed by atoms with Crippen LogP contribution in [0.2, 0.25) is 0 Å². The monoisotopic (exact) mass is 480 g/mol. The van der Waals surface area contributed by atoms with Crippen LogP contribution in [0.3, 0.4) is 0 Å². The molecule has 0 aliphatic carbocycles. The van der Waals surface area contributed by atoms with E-state index in [2.05, 4.69) is 5.32 Å². The van der Waals surface area contributed by atoms with Crippen LogP contribution in [0.1, 0.15) is 37.6 Å². The summed E-state index contributed by atoms with van der Waals surface area (Å²) >= 11 is 0. The minimum Gasteiger partial charge on any atom is -0.427 e. The molecule has 11 nitrogen and oxygen atoms in total. The van der Waals surface area contributed by atoms with Crippen molar-refractivity contribution in [3.8, 4) is 17.2 Å². The maximum atomic E-state index is 13.1. The predicted molar refractivity (Wildman–Crippen MR) is 128 cm³/mol. The maximum absolute atomic E-state index is 13.1. The van der Waals surface area contributed by atoms with E-state index in [0.717, 1.165) is 9.13 Å². The van der Waals surface area contributed by atoms with Gasteiger partial charge in [-0.2, -0.15) is 0 Å². The fourth-order valence-electron chi connectivity index (χ4n) is 3.37. The SMILES string of the molecule is CCCn1c(=O)c(NC(=O)c2cc(OC(C)=O)cc(OC(C)=O)c2)c(N)n(-c2ccccc2)c1=O. The lowest BCUT2D eigenvalue weighted by Gasteiger charge is -2.17. The van der Waals surface area contributed by atoms with Gasteiger partial charge >= 0.3 is 17.6 Å². The van der Waals surface area contributed by atoms with Gasteiger partial charge in [-0.1, -0.05) is 25.1 Å². The molecule has 11 heteroatoms. The highest BCUT2D eigenvalue weighted by molar-refractivity contribution is 6.06. The Balaban J connectivity index is 2.13. The van der Waals surface area contributed by atoms with Crippen LogP contribution in [-0.2, 0) is 16.1 Å². The summed E-state index contributed by atoms with van der Waals surface area (Å²) in [7, 11) is 0. The van der Waals surface area contributed by atoms with E-state index in [1.807, 2.05) is 0 Å². The summed E-state index contributed by atoms with van der Waals surface area (Å²) < 4.78 is 12.2. The number of rotatable bonds is 7. The van der Waals surface area contributed by atoms with Gasteiger partial charge in [0.25, 0.3) is 11.5 Å². The first-order chi connectivity index (χ1) is 16.6. The summed E-state index contributed by atoms with van der Waals surface area (Å²) in [4.78, 5) is 62.0. The molecule has 3 N–H and O–H groups in total. The number of nitrogen functional groups attached to an aromatic ring is 1. The van der Waals surface area contributed by atoms with Crippen LogP contribution in [0.4, 0.5) is 11.5 Å². The third-order valence-corrected chi connectivity index (χ3v) is 4.74. The van der Waals surface area contributed by atoms with Gasteiger partial charge in [0.05, 0.1) is 5.69 Å². The van der Waals surface area contributed by atoms with Crippen LogP contribution in [0.15, 0.2) is 58.1 Å². The molecule has 0 saturated carbocycles. The summed E-state index contributed by atoms with van der Waals surface area (Å²) in [6, 6.07) is 12.2. The van der Waals surface area contributed by atoms with Gasteiger partial charge in [0.1, 0.15) is 23.0 Å². The second-order valence-electron chi connectivity index (χ2n) is 7.51. The van der Waals surface area contributed by atoms with Gasteiger partial charge in [-0.05, 0) is 30.7 Å². The van der Waals surface area contributed by atoms with Crippen LogP contribution >= 0.6 is 0 Å². The molecule has 3 rings (SSSR count). The first-order valence-corrected chi connectivity index (χ1v) is 10.7. The fraction of sp³-hybridized carbons (Fsp3) is 0.208. The van der Waals surface area contributed by atoms with Gasteiger partial charge in [-0.3, -0.25) is 23.7 Å². The molecule has 182 valence electrons. The normalized spacial score (nSPS) is 10.5. The van der Waals surface area contributed by atoms with Crippen molar-refractivity contribution in [3.63, 3.8) is 0 Å². The Bertz CT molecular complexity index is 1370. The van der Waals surface area contributed by atoms with Crippen molar-refractivity contribution in [2.24, 2.45) is 0 Å². The average Bonchev–Trinajstić information content (AvgIpc) is 2.79. The highest BCUT2D eigenvalue weighted by atomic mass is 16.5. The lowest BCUT2D eigenvalue weighted by molar-refractivity contribution is -0.132. The lowest BCUT2D eigenvalue weighted by atomic mass is 10.2. The molecule has 0 atom stereocenters. The van der Waals surface area contributed by atoms with Gasteiger partial charge in [0.2, 0.25) is 0 Å². The number of nitrogens with zero attached hydrogens (tertiary/aromatic N) is 2. The number of nitrogens with two attached hydrogens (primary N) is 1. The average molecular weight is 480 g/mol. The van der Waals surface area contributed by atoms with E-state index in [1.54, 1.807) is 37.3 Å². The first-order valence-electron chi connectivity index (χ1n) is 10.7. The number of amides is 1. The molecule has 3 aromatic rings. The van der Waals surface area contributed by atoms with Gasteiger partial charge < -0.3 is 20.5 Å².